The molecule has 0 aliphatic carbocycles. The van der Waals surface area contributed by atoms with E-state index in [1.54, 1.807) is 6.92 Å². The first kappa shape index (κ1) is 9.31. The van der Waals surface area contributed by atoms with Gasteiger partial charge in [0.25, 0.3) is 5.56 Å². The number of aromatic amines is 1. The Balaban J connectivity index is 3.11. The molecule has 1 aromatic rings. The zero-order valence-electron chi connectivity index (χ0n) is 7.03. The molecule has 0 fully saturated rings. The minimum atomic E-state index is -1.10. The molecule has 0 bridgehead atoms. The average molecular weight is 183 g/mol. The number of aromatic carboxylic acids is 1. The number of carboxylic acids is 1. The number of hydrogen-bond donors (Lipinski definition) is 2. The maximum absolute atomic E-state index is 11.0. The third kappa shape index (κ3) is 2.08. The van der Waals surface area contributed by atoms with Gasteiger partial charge in [-0.3, -0.25) is 4.79 Å². The summed E-state index contributed by atoms with van der Waals surface area (Å²) in [5.41, 5.74) is -0.421. The van der Waals surface area contributed by atoms with Crippen LogP contribution in [-0.4, -0.2) is 22.7 Å². The molecule has 0 saturated heterocycles. The van der Waals surface area contributed by atoms with Crippen molar-refractivity contribution in [1.82, 2.24) is 4.98 Å². The fraction of sp³-hybridized carbons (Fsp3) is 0.250. The van der Waals surface area contributed by atoms with Gasteiger partial charge in [-0.25, -0.2) is 4.79 Å². The Morgan fingerprint density at radius 3 is 2.92 bits per heavy atom. The second kappa shape index (κ2) is 3.75. The zero-order valence-corrected chi connectivity index (χ0v) is 7.03. The van der Waals surface area contributed by atoms with Crippen LogP contribution in [0.25, 0.3) is 0 Å². The van der Waals surface area contributed by atoms with Crippen LogP contribution in [0.1, 0.15) is 17.3 Å². The van der Waals surface area contributed by atoms with Gasteiger partial charge in [0.05, 0.1) is 12.2 Å². The smallest absolute Gasteiger partial charge is 0.337 e. The summed E-state index contributed by atoms with van der Waals surface area (Å²) in [6, 6.07) is 1.20. The van der Waals surface area contributed by atoms with Crippen molar-refractivity contribution in [2.24, 2.45) is 0 Å². The largest absolute Gasteiger partial charge is 0.488 e. The van der Waals surface area contributed by atoms with Gasteiger partial charge in [0.15, 0.2) is 5.75 Å². The van der Waals surface area contributed by atoms with E-state index in [-0.39, 0.29) is 11.3 Å². The van der Waals surface area contributed by atoms with E-state index >= 15 is 0 Å². The quantitative estimate of drug-likeness (QED) is 0.713. The fourth-order valence-electron chi connectivity index (χ4n) is 0.849. The lowest BCUT2D eigenvalue weighted by Crippen LogP contribution is -2.12. The molecule has 0 aliphatic rings. The van der Waals surface area contributed by atoms with Crippen LogP contribution >= 0.6 is 0 Å². The van der Waals surface area contributed by atoms with E-state index < -0.39 is 11.5 Å². The van der Waals surface area contributed by atoms with E-state index in [2.05, 4.69) is 4.98 Å². The van der Waals surface area contributed by atoms with E-state index in [0.717, 1.165) is 6.20 Å². The molecule has 5 nitrogen and oxygen atoms in total. The maximum Gasteiger partial charge on any atom is 0.337 e. The number of aromatic nitrogens is 1. The SMILES string of the molecule is CCOc1cc(C(=O)O)c[nH]c1=O. The Morgan fingerprint density at radius 2 is 2.38 bits per heavy atom. The molecule has 0 aliphatic heterocycles. The molecule has 1 rings (SSSR count). The third-order valence-electron chi connectivity index (χ3n) is 1.42. The van der Waals surface area contributed by atoms with Gasteiger partial charge in [0.1, 0.15) is 0 Å². The van der Waals surface area contributed by atoms with Crippen LogP contribution in [0.3, 0.4) is 0 Å². The minimum Gasteiger partial charge on any atom is -0.488 e. The fourth-order valence-corrected chi connectivity index (χ4v) is 0.849. The molecule has 1 aromatic heterocycles. The first-order chi connectivity index (χ1) is 6.15. The van der Waals surface area contributed by atoms with Gasteiger partial charge < -0.3 is 14.8 Å². The van der Waals surface area contributed by atoms with Crippen molar-refractivity contribution in [1.29, 1.82) is 0 Å². The Bertz CT molecular complexity index is 369. The highest BCUT2D eigenvalue weighted by Crippen LogP contribution is 2.05. The maximum atomic E-state index is 11.0. The molecule has 1 heterocycles. The third-order valence-corrected chi connectivity index (χ3v) is 1.42. The zero-order chi connectivity index (χ0) is 9.84. The lowest BCUT2D eigenvalue weighted by atomic mass is 10.3. The molecule has 5 heteroatoms. The topological polar surface area (TPSA) is 79.4 Å². The monoisotopic (exact) mass is 183 g/mol. The summed E-state index contributed by atoms with van der Waals surface area (Å²) < 4.78 is 4.92. The first-order valence-corrected chi connectivity index (χ1v) is 3.74. The van der Waals surface area contributed by atoms with Crippen molar-refractivity contribution < 1.29 is 14.6 Å². The second-order valence-corrected chi connectivity index (χ2v) is 2.32. The molecular formula is C8H9NO4. The van der Waals surface area contributed by atoms with Crippen molar-refractivity contribution in [3.63, 3.8) is 0 Å². The Morgan fingerprint density at radius 1 is 1.69 bits per heavy atom. The number of carboxylic acid groups (broad SMARTS) is 1. The lowest BCUT2D eigenvalue weighted by Gasteiger charge is -2.01. The minimum absolute atomic E-state index is 0.00282. The standard InChI is InChI=1S/C8H9NO4/c1-2-13-6-3-5(8(11)12)4-9-7(6)10/h3-4H,2H2,1H3,(H,9,10)(H,11,12). The van der Waals surface area contributed by atoms with E-state index in [9.17, 15) is 9.59 Å². The number of hydrogen-bond acceptors (Lipinski definition) is 3. The summed E-state index contributed by atoms with van der Waals surface area (Å²) >= 11 is 0. The van der Waals surface area contributed by atoms with Crippen LogP contribution < -0.4 is 10.3 Å². The summed E-state index contributed by atoms with van der Waals surface area (Å²) in [6.07, 6.45) is 1.13. The number of rotatable bonds is 3. The number of ether oxygens (including phenoxy) is 1. The predicted molar refractivity (Wildman–Crippen MR) is 45.2 cm³/mol. The summed E-state index contributed by atoms with van der Waals surface area (Å²) in [4.78, 5) is 23.8. The van der Waals surface area contributed by atoms with Gasteiger partial charge in [-0.1, -0.05) is 0 Å². The van der Waals surface area contributed by atoms with E-state index in [1.165, 1.54) is 6.07 Å². The van der Waals surface area contributed by atoms with Crippen molar-refractivity contribution in [2.45, 2.75) is 6.92 Å². The molecule has 13 heavy (non-hydrogen) atoms. The number of H-pyrrole nitrogens is 1. The molecular weight excluding hydrogens is 174 g/mol. The van der Waals surface area contributed by atoms with Crippen molar-refractivity contribution >= 4 is 5.97 Å². The van der Waals surface area contributed by atoms with Gasteiger partial charge in [-0.05, 0) is 6.92 Å². The summed E-state index contributed by atoms with van der Waals surface area (Å²) in [7, 11) is 0. The highest BCUT2D eigenvalue weighted by molar-refractivity contribution is 5.87. The normalized spacial score (nSPS) is 9.62. The van der Waals surface area contributed by atoms with Crippen molar-refractivity contribution in [3.05, 3.63) is 28.2 Å². The Labute approximate surface area is 74.0 Å². The molecule has 0 atom stereocenters. The lowest BCUT2D eigenvalue weighted by molar-refractivity contribution is 0.0696. The number of pyridine rings is 1. The molecule has 0 spiro atoms. The molecule has 0 saturated carbocycles. The van der Waals surface area contributed by atoms with Gasteiger partial charge in [-0.15, -0.1) is 0 Å². The van der Waals surface area contributed by atoms with Gasteiger partial charge in [0.2, 0.25) is 0 Å². The highest BCUT2D eigenvalue weighted by Gasteiger charge is 2.06. The van der Waals surface area contributed by atoms with Crippen LogP contribution in [0, 0.1) is 0 Å². The Hall–Kier alpha value is -1.78. The molecule has 0 radical (unpaired) electrons. The molecule has 70 valence electrons. The molecule has 0 aromatic carbocycles. The molecule has 2 N–H and O–H groups in total. The van der Waals surface area contributed by atoms with Crippen LogP contribution in [0.4, 0.5) is 0 Å². The Kier molecular flexibility index (Phi) is 2.69. The van der Waals surface area contributed by atoms with Gasteiger partial charge in [-0.2, -0.15) is 0 Å². The first-order valence-electron chi connectivity index (χ1n) is 3.74. The summed E-state index contributed by atoms with van der Waals surface area (Å²) in [5.74, 6) is -1.07. The molecule has 0 amide bonds. The van der Waals surface area contributed by atoms with E-state index in [0.29, 0.717) is 6.61 Å². The summed E-state index contributed by atoms with van der Waals surface area (Å²) in [6.45, 7) is 2.04. The van der Waals surface area contributed by atoms with Gasteiger partial charge in [0, 0.05) is 12.3 Å². The molecule has 0 unspecified atom stereocenters. The van der Waals surface area contributed by atoms with E-state index in [1.807, 2.05) is 0 Å². The number of nitrogens with one attached hydrogen (secondary N) is 1. The van der Waals surface area contributed by atoms with Gasteiger partial charge >= 0.3 is 5.97 Å². The van der Waals surface area contributed by atoms with Crippen LogP contribution in [-0.2, 0) is 0 Å². The van der Waals surface area contributed by atoms with E-state index in [4.69, 9.17) is 9.84 Å². The predicted octanol–water partition coefficient (Wildman–Crippen LogP) is 0.472. The van der Waals surface area contributed by atoms with Crippen LogP contribution in [0.2, 0.25) is 0 Å². The number of carbonyl (C=O) groups is 1. The van der Waals surface area contributed by atoms with Crippen LogP contribution in [0.15, 0.2) is 17.1 Å². The van der Waals surface area contributed by atoms with Crippen molar-refractivity contribution in [2.75, 3.05) is 6.61 Å². The second-order valence-electron chi connectivity index (χ2n) is 2.32. The average Bonchev–Trinajstić information content (AvgIpc) is 2.08. The van der Waals surface area contributed by atoms with Crippen molar-refractivity contribution in [3.8, 4) is 5.75 Å². The summed E-state index contributed by atoms with van der Waals surface area (Å²) in [5, 5.41) is 8.59. The highest BCUT2D eigenvalue weighted by atomic mass is 16.5. The van der Waals surface area contributed by atoms with Crippen LogP contribution in [0.5, 0.6) is 5.75 Å².